The van der Waals surface area contributed by atoms with E-state index in [0.717, 1.165) is 47.3 Å². The number of fused-ring (bicyclic) bond motifs is 1. The molecule has 4 aromatic rings. The number of hydrogen-bond acceptors (Lipinski definition) is 7. The average Bonchev–Trinajstić information content (AvgIpc) is 3.46. The molecule has 0 amide bonds. The molecule has 152 valence electrons. The molecule has 0 saturated carbocycles. The van der Waals surface area contributed by atoms with Gasteiger partial charge in [-0.2, -0.15) is 0 Å². The van der Waals surface area contributed by atoms with Gasteiger partial charge < -0.3 is 19.2 Å². The maximum absolute atomic E-state index is 6.22. The lowest BCUT2D eigenvalue weighted by Crippen LogP contribution is -2.19. The number of anilines is 1. The third-order valence-corrected chi connectivity index (χ3v) is 5.28. The fourth-order valence-electron chi connectivity index (χ4n) is 3.80. The SMILES string of the molecule is COc1ccc(-c2oc3ncnc(NCC4CCCO4)c3c2-c2ccccc2)cn1. The Morgan fingerprint density at radius 1 is 1.07 bits per heavy atom. The minimum absolute atomic E-state index is 0.201. The van der Waals surface area contributed by atoms with Crippen LogP contribution in [0.25, 0.3) is 33.6 Å². The van der Waals surface area contributed by atoms with Crippen molar-refractivity contribution in [2.24, 2.45) is 0 Å². The van der Waals surface area contributed by atoms with Gasteiger partial charge in [-0.05, 0) is 24.5 Å². The molecule has 0 spiro atoms. The fourth-order valence-corrected chi connectivity index (χ4v) is 3.80. The Bertz CT molecular complexity index is 1140. The van der Waals surface area contributed by atoms with Gasteiger partial charge in [-0.1, -0.05) is 30.3 Å². The number of methoxy groups -OCH3 is 1. The van der Waals surface area contributed by atoms with Crippen LogP contribution in [0.15, 0.2) is 59.4 Å². The van der Waals surface area contributed by atoms with Gasteiger partial charge in [0.2, 0.25) is 11.6 Å². The number of rotatable bonds is 6. The first-order valence-corrected chi connectivity index (χ1v) is 10.0. The van der Waals surface area contributed by atoms with Crippen molar-refractivity contribution in [2.45, 2.75) is 18.9 Å². The van der Waals surface area contributed by atoms with Crippen molar-refractivity contribution in [3.05, 3.63) is 55.0 Å². The Morgan fingerprint density at radius 3 is 2.70 bits per heavy atom. The third-order valence-electron chi connectivity index (χ3n) is 5.28. The summed E-state index contributed by atoms with van der Waals surface area (Å²) in [5.74, 6) is 1.99. The molecule has 4 heterocycles. The van der Waals surface area contributed by atoms with E-state index in [0.29, 0.717) is 23.9 Å². The maximum Gasteiger partial charge on any atom is 0.232 e. The van der Waals surface area contributed by atoms with Crippen LogP contribution in [0.3, 0.4) is 0 Å². The minimum atomic E-state index is 0.201. The smallest absolute Gasteiger partial charge is 0.232 e. The zero-order valence-electron chi connectivity index (χ0n) is 16.7. The number of aromatic nitrogens is 3. The summed E-state index contributed by atoms with van der Waals surface area (Å²) in [5.41, 5.74) is 3.34. The maximum atomic E-state index is 6.22. The molecule has 0 aliphatic carbocycles. The Kier molecular flexibility index (Phi) is 5.03. The van der Waals surface area contributed by atoms with Crippen LogP contribution in [0, 0.1) is 0 Å². The van der Waals surface area contributed by atoms with E-state index in [9.17, 15) is 0 Å². The Balaban J connectivity index is 1.65. The van der Waals surface area contributed by atoms with Crippen LogP contribution in [0.5, 0.6) is 5.88 Å². The van der Waals surface area contributed by atoms with Crippen molar-refractivity contribution in [1.82, 2.24) is 15.0 Å². The zero-order chi connectivity index (χ0) is 20.3. The molecular formula is C23H22N4O3. The number of pyridine rings is 1. The first-order chi connectivity index (χ1) is 14.8. The number of benzene rings is 1. The van der Waals surface area contributed by atoms with Crippen molar-refractivity contribution in [1.29, 1.82) is 0 Å². The van der Waals surface area contributed by atoms with E-state index in [2.05, 4.69) is 32.4 Å². The monoisotopic (exact) mass is 402 g/mol. The van der Waals surface area contributed by atoms with Gasteiger partial charge >= 0.3 is 0 Å². The van der Waals surface area contributed by atoms with Crippen molar-refractivity contribution in [3.8, 4) is 28.3 Å². The van der Waals surface area contributed by atoms with Crippen LogP contribution in [-0.2, 0) is 4.74 Å². The van der Waals surface area contributed by atoms with Crippen molar-refractivity contribution < 1.29 is 13.9 Å². The summed E-state index contributed by atoms with van der Waals surface area (Å²) < 4.78 is 17.2. The summed E-state index contributed by atoms with van der Waals surface area (Å²) in [5, 5.41) is 4.31. The van der Waals surface area contributed by atoms with E-state index in [4.69, 9.17) is 13.9 Å². The van der Waals surface area contributed by atoms with Crippen LogP contribution in [0.1, 0.15) is 12.8 Å². The summed E-state index contributed by atoms with van der Waals surface area (Å²) in [6.45, 7) is 1.52. The summed E-state index contributed by atoms with van der Waals surface area (Å²) >= 11 is 0. The Morgan fingerprint density at radius 2 is 1.97 bits per heavy atom. The van der Waals surface area contributed by atoms with Crippen molar-refractivity contribution >= 4 is 16.9 Å². The summed E-state index contributed by atoms with van der Waals surface area (Å²) in [7, 11) is 1.60. The van der Waals surface area contributed by atoms with Gasteiger partial charge in [0.25, 0.3) is 0 Å². The molecule has 1 saturated heterocycles. The average molecular weight is 402 g/mol. The van der Waals surface area contributed by atoms with Gasteiger partial charge in [0, 0.05) is 36.5 Å². The molecule has 0 bridgehead atoms. The minimum Gasteiger partial charge on any atom is -0.481 e. The zero-order valence-corrected chi connectivity index (χ0v) is 16.7. The van der Waals surface area contributed by atoms with Crippen LogP contribution in [0.2, 0.25) is 0 Å². The number of nitrogens with zero attached hydrogens (tertiary/aromatic N) is 3. The van der Waals surface area contributed by atoms with Gasteiger partial charge in [-0.15, -0.1) is 0 Å². The lowest BCUT2D eigenvalue weighted by molar-refractivity contribution is 0.120. The highest BCUT2D eigenvalue weighted by molar-refractivity contribution is 6.05. The molecule has 1 N–H and O–H groups in total. The van der Waals surface area contributed by atoms with Gasteiger partial charge in [0.1, 0.15) is 17.9 Å². The number of ether oxygens (including phenoxy) is 2. The second kappa shape index (κ2) is 8.12. The molecule has 1 aliphatic heterocycles. The van der Waals surface area contributed by atoms with Gasteiger partial charge in [0.15, 0.2) is 0 Å². The molecule has 5 rings (SSSR count). The molecule has 7 nitrogen and oxygen atoms in total. The Labute approximate surface area is 174 Å². The number of hydrogen-bond donors (Lipinski definition) is 1. The molecule has 1 unspecified atom stereocenters. The second-order valence-electron chi connectivity index (χ2n) is 7.18. The molecule has 0 radical (unpaired) electrons. The predicted molar refractivity (Wildman–Crippen MR) is 114 cm³/mol. The first kappa shape index (κ1) is 18.6. The number of furan rings is 1. The molecule has 1 atom stereocenters. The van der Waals surface area contributed by atoms with E-state index in [1.54, 1.807) is 13.3 Å². The van der Waals surface area contributed by atoms with Crippen LogP contribution in [-0.4, -0.2) is 41.3 Å². The van der Waals surface area contributed by atoms with Crippen LogP contribution in [0.4, 0.5) is 5.82 Å². The lowest BCUT2D eigenvalue weighted by atomic mass is 10.00. The highest BCUT2D eigenvalue weighted by Gasteiger charge is 2.23. The molecule has 1 aromatic carbocycles. The fraction of sp³-hybridized carbons (Fsp3) is 0.261. The topological polar surface area (TPSA) is 82.3 Å². The Hall–Kier alpha value is -3.45. The standard InChI is InChI=1S/C23H22N4O3/c1-28-18-10-9-16(12-24-18)21-19(15-6-3-2-4-7-15)20-22(26-14-27-23(20)30-21)25-13-17-8-5-11-29-17/h2-4,6-7,9-10,12,14,17H,5,8,11,13H2,1H3,(H,25,26,27). The van der Waals surface area contributed by atoms with E-state index < -0.39 is 0 Å². The highest BCUT2D eigenvalue weighted by atomic mass is 16.5. The predicted octanol–water partition coefficient (Wildman–Crippen LogP) is 4.55. The summed E-state index contributed by atoms with van der Waals surface area (Å²) in [6.07, 6.45) is 5.62. The van der Waals surface area contributed by atoms with Crippen molar-refractivity contribution in [3.63, 3.8) is 0 Å². The number of nitrogens with one attached hydrogen (secondary N) is 1. The molecule has 1 aliphatic rings. The quantitative estimate of drug-likeness (QED) is 0.506. The highest BCUT2D eigenvalue weighted by Crippen LogP contribution is 2.42. The normalized spacial score (nSPS) is 16.1. The lowest BCUT2D eigenvalue weighted by Gasteiger charge is -2.12. The molecule has 7 heteroatoms. The van der Waals surface area contributed by atoms with E-state index in [1.165, 1.54) is 6.33 Å². The van der Waals surface area contributed by atoms with E-state index in [1.807, 2.05) is 30.3 Å². The van der Waals surface area contributed by atoms with Crippen LogP contribution < -0.4 is 10.1 Å². The first-order valence-electron chi connectivity index (χ1n) is 10.0. The third kappa shape index (κ3) is 3.48. The molecular weight excluding hydrogens is 380 g/mol. The molecule has 30 heavy (non-hydrogen) atoms. The van der Waals surface area contributed by atoms with E-state index in [-0.39, 0.29) is 6.10 Å². The second-order valence-corrected chi connectivity index (χ2v) is 7.18. The van der Waals surface area contributed by atoms with Gasteiger partial charge in [-0.25, -0.2) is 15.0 Å². The molecule has 3 aromatic heterocycles. The largest absolute Gasteiger partial charge is 0.481 e. The molecule has 1 fully saturated rings. The van der Waals surface area contributed by atoms with Crippen LogP contribution >= 0.6 is 0 Å². The van der Waals surface area contributed by atoms with Gasteiger partial charge in [-0.3, -0.25) is 0 Å². The summed E-state index contributed by atoms with van der Waals surface area (Å²) in [4.78, 5) is 13.2. The van der Waals surface area contributed by atoms with Crippen molar-refractivity contribution in [2.75, 3.05) is 25.6 Å². The van der Waals surface area contributed by atoms with E-state index >= 15 is 0 Å². The van der Waals surface area contributed by atoms with Gasteiger partial charge in [0.05, 0.1) is 18.6 Å². The summed E-state index contributed by atoms with van der Waals surface area (Å²) in [6, 6.07) is 13.9.